The van der Waals surface area contributed by atoms with E-state index in [-0.39, 0.29) is 24.8 Å². The minimum atomic E-state index is -4.56. The summed E-state index contributed by atoms with van der Waals surface area (Å²) in [7, 11) is 0. The molecule has 3 aromatic rings. The van der Waals surface area contributed by atoms with Crippen LogP contribution in [0.1, 0.15) is 46.2 Å². The molecular weight excluding hydrogens is 359 g/mol. The molecule has 0 saturated heterocycles. The van der Waals surface area contributed by atoms with Gasteiger partial charge in [0, 0.05) is 35.2 Å². The molecule has 9 heteroatoms. The summed E-state index contributed by atoms with van der Waals surface area (Å²) in [6.07, 6.45) is -4.56. The van der Waals surface area contributed by atoms with Crippen molar-refractivity contribution in [2.75, 3.05) is 6.54 Å². The molecule has 3 heterocycles. The van der Waals surface area contributed by atoms with E-state index < -0.39 is 18.0 Å². The highest BCUT2D eigenvalue weighted by molar-refractivity contribution is 5.99. The van der Waals surface area contributed by atoms with Crippen LogP contribution in [0.5, 0.6) is 0 Å². The quantitative estimate of drug-likeness (QED) is 0.705. The predicted octanol–water partition coefficient (Wildman–Crippen LogP) is 3.61. The number of hydrogen-bond acceptors (Lipinski definition) is 3. The van der Waals surface area contributed by atoms with Crippen LogP contribution in [0.25, 0.3) is 10.9 Å². The first-order chi connectivity index (χ1) is 12.7. The molecule has 0 bridgehead atoms. The zero-order valence-electron chi connectivity index (χ0n) is 15.1. The van der Waals surface area contributed by atoms with E-state index in [0.29, 0.717) is 5.56 Å². The van der Waals surface area contributed by atoms with Crippen molar-refractivity contribution in [2.45, 2.75) is 39.5 Å². The number of aromatic amines is 1. The van der Waals surface area contributed by atoms with Crippen molar-refractivity contribution in [1.82, 2.24) is 24.6 Å². The number of aromatic nitrogens is 4. The SMILES string of the molecule is Cc1[nH]c2ccc(C(=O)N3CCn4c(nnc4C(F)(F)F)C3C)cc2c1C. The standard InChI is InChI=1S/C18H18F3N5O/c1-9-10(2)22-14-5-4-12(8-13(9)14)16(27)25-6-7-26-15(11(25)3)23-24-17(26)18(19,20)21/h4-5,8,11,22H,6-7H2,1-3H3. The van der Waals surface area contributed by atoms with E-state index in [0.717, 1.165) is 26.7 Å². The van der Waals surface area contributed by atoms with Gasteiger partial charge in [-0.05, 0) is 44.5 Å². The molecule has 1 amide bonds. The second-order valence-corrected chi connectivity index (χ2v) is 6.84. The summed E-state index contributed by atoms with van der Waals surface area (Å²) < 4.78 is 40.2. The molecular formula is C18H18F3N5O. The molecule has 1 aliphatic heterocycles. The zero-order chi connectivity index (χ0) is 19.5. The first-order valence-electron chi connectivity index (χ1n) is 8.58. The highest BCUT2D eigenvalue weighted by atomic mass is 19.4. The predicted molar refractivity (Wildman–Crippen MR) is 92.2 cm³/mol. The second-order valence-electron chi connectivity index (χ2n) is 6.84. The number of benzene rings is 1. The number of hydrogen-bond donors (Lipinski definition) is 1. The monoisotopic (exact) mass is 377 g/mol. The van der Waals surface area contributed by atoms with Crippen LogP contribution < -0.4 is 0 Å². The van der Waals surface area contributed by atoms with Crippen LogP contribution in [0.4, 0.5) is 13.2 Å². The van der Waals surface area contributed by atoms with Gasteiger partial charge in [-0.3, -0.25) is 4.79 Å². The lowest BCUT2D eigenvalue weighted by Crippen LogP contribution is -2.42. The summed E-state index contributed by atoms with van der Waals surface area (Å²) in [5, 5.41) is 7.94. The van der Waals surface area contributed by atoms with E-state index >= 15 is 0 Å². The number of nitrogens with one attached hydrogen (secondary N) is 1. The van der Waals surface area contributed by atoms with Gasteiger partial charge in [-0.15, -0.1) is 10.2 Å². The van der Waals surface area contributed by atoms with Gasteiger partial charge < -0.3 is 14.5 Å². The van der Waals surface area contributed by atoms with Crippen molar-refractivity contribution in [2.24, 2.45) is 0 Å². The molecule has 2 aromatic heterocycles. The highest BCUT2D eigenvalue weighted by Crippen LogP contribution is 2.33. The number of carbonyl (C=O) groups is 1. The maximum absolute atomic E-state index is 13.0. The fourth-order valence-electron chi connectivity index (χ4n) is 3.63. The number of carbonyl (C=O) groups excluding carboxylic acids is 1. The van der Waals surface area contributed by atoms with Gasteiger partial charge in [-0.2, -0.15) is 13.2 Å². The summed E-state index contributed by atoms with van der Waals surface area (Å²) >= 11 is 0. The van der Waals surface area contributed by atoms with Crippen molar-refractivity contribution in [3.05, 3.63) is 46.7 Å². The van der Waals surface area contributed by atoms with E-state index in [1.54, 1.807) is 17.9 Å². The summed E-state index contributed by atoms with van der Waals surface area (Å²) in [6, 6.07) is 4.80. The lowest BCUT2D eigenvalue weighted by atomic mass is 10.1. The first kappa shape index (κ1) is 17.6. The van der Waals surface area contributed by atoms with Gasteiger partial charge in [0.1, 0.15) is 0 Å². The van der Waals surface area contributed by atoms with Gasteiger partial charge in [0.15, 0.2) is 5.82 Å². The molecule has 1 N–H and O–H groups in total. The molecule has 0 saturated carbocycles. The summed E-state index contributed by atoms with van der Waals surface area (Å²) in [5.74, 6) is -1.10. The molecule has 0 fully saturated rings. The van der Waals surface area contributed by atoms with E-state index in [1.165, 1.54) is 0 Å². The fourth-order valence-corrected chi connectivity index (χ4v) is 3.63. The Morgan fingerprint density at radius 2 is 1.96 bits per heavy atom. The van der Waals surface area contributed by atoms with Crippen molar-refractivity contribution < 1.29 is 18.0 Å². The lowest BCUT2D eigenvalue weighted by molar-refractivity contribution is -0.148. The number of amides is 1. The van der Waals surface area contributed by atoms with E-state index in [2.05, 4.69) is 15.2 Å². The minimum absolute atomic E-state index is 0.0117. The average Bonchev–Trinajstić information content (AvgIpc) is 3.17. The first-order valence-corrected chi connectivity index (χ1v) is 8.58. The molecule has 142 valence electrons. The van der Waals surface area contributed by atoms with Crippen LogP contribution in [0.2, 0.25) is 0 Å². The summed E-state index contributed by atoms with van der Waals surface area (Å²) in [6.45, 7) is 5.79. The Morgan fingerprint density at radius 1 is 1.22 bits per heavy atom. The van der Waals surface area contributed by atoms with Crippen LogP contribution in [-0.4, -0.2) is 37.1 Å². The third kappa shape index (κ3) is 2.68. The van der Waals surface area contributed by atoms with Gasteiger partial charge in [-0.1, -0.05) is 0 Å². The van der Waals surface area contributed by atoms with Crippen LogP contribution in [0, 0.1) is 13.8 Å². The van der Waals surface area contributed by atoms with Crippen LogP contribution >= 0.6 is 0 Å². The number of nitrogens with zero attached hydrogens (tertiary/aromatic N) is 4. The molecule has 1 aromatic carbocycles. The van der Waals surface area contributed by atoms with Gasteiger partial charge in [0.2, 0.25) is 5.82 Å². The topological polar surface area (TPSA) is 66.8 Å². The van der Waals surface area contributed by atoms with Gasteiger partial charge >= 0.3 is 6.18 Å². The van der Waals surface area contributed by atoms with Crippen LogP contribution in [0.15, 0.2) is 18.2 Å². The third-order valence-electron chi connectivity index (χ3n) is 5.25. The number of halogens is 3. The minimum Gasteiger partial charge on any atom is -0.358 e. The van der Waals surface area contributed by atoms with Gasteiger partial charge in [0.05, 0.1) is 6.04 Å². The number of H-pyrrole nitrogens is 1. The maximum atomic E-state index is 13.0. The van der Waals surface area contributed by atoms with E-state index in [1.807, 2.05) is 26.0 Å². The van der Waals surface area contributed by atoms with Gasteiger partial charge in [-0.25, -0.2) is 0 Å². The zero-order valence-corrected chi connectivity index (χ0v) is 15.1. The number of fused-ring (bicyclic) bond motifs is 2. The fraction of sp³-hybridized carbons (Fsp3) is 0.389. The molecule has 1 aliphatic rings. The van der Waals surface area contributed by atoms with Crippen LogP contribution in [0.3, 0.4) is 0 Å². The smallest absolute Gasteiger partial charge is 0.358 e. The van der Waals surface area contributed by atoms with Crippen molar-refractivity contribution in [1.29, 1.82) is 0 Å². The molecule has 27 heavy (non-hydrogen) atoms. The highest BCUT2D eigenvalue weighted by Gasteiger charge is 2.41. The Kier molecular flexibility index (Phi) is 3.79. The van der Waals surface area contributed by atoms with Crippen molar-refractivity contribution >= 4 is 16.8 Å². The Balaban J connectivity index is 1.67. The Hall–Kier alpha value is -2.84. The Labute approximate surface area is 153 Å². The van der Waals surface area contributed by atoms with Crippen molar-refractivity contribution in [3.8, 4) is 0 Å². The number of aryl methyl sites for hydroxylation is 2. The number of alkyl halides is 3. The average molecular weight is 377 g/mol. The largest absolute Gasteiger partial charge is 0.451 e. The third-order valence-corrected chi connectivity index (χ3v) is 5.25. The number of rotatable bonds is 1. The molecule has 4 rings (SSSR count). The van der Waals surface area contributed by atoms with Crippen LogP contribution in [-0.2, 0) is 12.7 Å². The molecule has 0 radical (unpaired) electrons. The molecule has 1 atom stereocenters. The Bertz CT molecular complexity index is 1050. The van der Waals surface area contributed by atoms with E-state index in [9.17, 15) is 18.0 Å². The molecule has 0 aliphatic carbocycles. The molecule has 0 spiro atoms. The van der Waals surface area contributed by atoms with E-state index in [4.69, 9.17) is 0 Å². The summed E-state index contributed by atoms with van der Waals surface area (Å²) in [5.41, 5.74) is 3.55. The molecule has 1 unspecified atom stereocenters. The lowest BCUT2D eigenvalue weighted by Gasteiger charge is -2.34. The van der Waals surface area contributed by atoms with Gasteiger partial charge in [0.25, 0.3) is 5.91 Å². The maximum Gasteiger partial charge on any atom is 0.451 e. The summed E-state index contributed by atoms with van der Waals surface area (Å²) in [4.78, 5) is 17.8. The second kappa shape index (κ2) is 5.83. The molecule has 6 nitrogen and oxygen atoms in total. The normalized spacial score (nSPS) is 17.4. The van der Waals surface area contributed by atoms with Crippen molar-refractivity contribution in [3.63, 3.8) is 0 Å². The Morgan fingerprint density at radius 3 is 2.67 bits per heavy atom.